The summed E-state index contributed by atoms with van der Waals surface area (Å²) in [5.41, 5.74) is -3.53. The van der Waals surface area contributed by atoms with E-state index in [0.717, 1.165) is 4.57 Å². The standard InChI is InChI=1S/C31H22N2O13/c1-7-19(34)15-10(23(38)20(7)35)9-16(32-15)27(42)25(40)13(21(9)36)14-22(37)11-12-18(29(44)31(46)30(45)24(12)39)33(8-5-3-2-4-6-8)17(11)28(43)26(14)41/h2-6,32,34-46H,1H3. The van der Waals surface area contributed by atoms with E-state index in [1.54, 1.807) is 18.2 Å². The van der Waals surface area contributed by atoms with Gasteiger partial charge in [0.2, 0.25) is 11.5 Å². The van der Waals surface area contributed by atoms with Crippen molar-refractivity contribution in [3.05, 3.63) is 35.9 Å². The van der Waals surface area contributed by atoms with Gasteiger partial charge in [-0.1, -0.05) is 18.2 Å². The third-order valence-corrected chi connectivity index (χ3v) is 8.31. The molecule has 0 atom stereocenters. The SMILES string of the molecule is Cc1c(O)c(O)c2c([nH]c3c(O)c(O)c(-c4c(O)c(O)c5c(c4O)c4c(O)c(O)c(O)c(O)c4n5-c4ccccc4)c(O)c32)c1O. The average Bonchev–Trinajstić information content (AvgIpc) is 3.63. The number of aromatic hydroxyl groups is 13. The van der Waals surface area contributed by atoms with Crippen LogP contribution in [0, 0.1) is 6.92 Å². The molecule has 15 nitrogen and oxygen atoms in total. The number of nitrogens with one attached hydrogen (secondary N) is 1. The van der Waals surface area contributed by atoms with Gasteiger partial charge in [-0.05, 0) is 19.1 Å². The molecule has 0 spiro atoms. The minimum atomic E-state index is -1.21. The molecule has 0 saturated heterocycles. The van der Waals surface area contributed by atoms with Gasteiger partial charge in [0.25, 0.3) is 0 Å². The average molecular weight is 631 g/mol. The van der Waals surface area contributed by atoms with Crippen molar-refractivity contribution in [2.75, 3.05) is 0 Å². The van der Waals surface area contributed by atoms with Crippen LogP contribution in [-0.2, 0) is 0 Å². The molecule has 7 aromatic rings. The summed E-state index contributed by atoms with van der Waals surface area (Å²) in [4.78, 5) is 2.54. The van der Waals surface area contributed by atoms with Crippen LogP contribution in [-0.4, -0.2) is 75.9 Å². The number of benzene rings is 5. The van der Waals surface area contributed by atoms with Crippen LogP contribution in [0.2, 0.25) is 0 Å². The number of nitrogens with zero attached hydrogens (tertiary/aromatic N) is 1. The Morgan fingerprint density at radius 1 is 0.413 bits per heavy atom. The first kappa shape index (κ1) is 27.9. The summed E-state index contributed by atoms with van der Waals surface area (Å²) in [7, 11) is 0. The third-order valence-electron chi connectivity index (χ3n) is 8.31. The summed E-state index contributed by atoms with van der Waals surface area (Å²) in [5, 5.41) is 140. The number of phenols is 13. The second kappa shape index (κ2) is 8.82. The third kappa shape index (κ3) is 3.09. The van der Waals surface area contributed by atoms with E-state index in [1.165, 1.54) is 19.1 Å². The molecule has 46 heavy (non-hydrogen) atoms. The number of para-hydroxylation sites is 1. The van der Waals surface area contributed by atoms with Gasteiger partial charge in [0.05, 0.1) is 43.7 Å². The Bertz CT molecular complexity index is 2510. The number of H-pyrrole nitrogens is 1. The molecule has 0 amide bonds. The molecule has 0 aliphatic rings. The van der Waals surface area contributed by atoms with Crippen molar-refractivity contribution >= 4 is 43.6 Å². The molecule has 7 rings (SSSR count). The topological polar surface area (TPSA) is 284 Å². The maximum absolute atomic E-state index is 11.7. The lowest BCUT2D eigenvalue weighted by Gasteiger charge is -2.17. The second-order valence-electron chi connectivity index (χ2n) is 10.7. The maximum atomic E-state index is 11.7. The molecule has 15 heteroatoms. The molecule has 0 bridgehead atoms. The van der Waals surface area contributed by atoms with E-state index in [2.05, 4.69) is 4.98 Å². The zero-order valence-corrected chi connectivity index (χ0v) is 23.1. The molecule has 0 unspecified atom stereocenters. The first-order chi connectivity index (χ1) is 21.7. The summed E-state index contributed by atoms with van der Waals surface area (Å²) in [6, 6.07) is 7.68. The quantitative estimate of drug-likeness (QED) is 0.0921. The Hall–Kier alpha value is -6.90. The van der Waals surface area contributed by atoms with Crippen LogP contribution in [0.15, 0.2) is 30.3 Å². The van der Waals surface area contributed by atoms with Crippen LogP contribution in [0.3, 0.4) is 0 Å². The van der Waals surface area contributed by atoms with Crippen molar-refractivity contribution in [2.24, 2.45) is 0 Å². The molecular formula is C31H22N2O13. The fourth-order valence-corrected chi connectivity index (χ4v) is 6.11. The van der Waals surface area contributed by atoms with Gasteiger partial charge >= 0.3 is 0 Å². The second-order valence-corrected chi connectivity index (χ2v) is 10.7. The van der Waals surface area contributed by atoms with Gasteiger partial charge in [-0.25, -0.2) is 0 Å². The molecule has 14 N–H and O–H groups in total. The molecular weight excluding hydrogens is 608 g/mol. The highest BCUT2D eigenvalue weighted by Crippen LogP contribution is 2.63. The molecule has 2 aromatic heterocycles. The van der Waals surface area contributed by atoms with Gasteiger partial charge in [0, 0.05) is 11.3 Å². The summed E-state index contributed by atoms with van der Waals surface area (Å²) in [5.74, 6) is -13.3. The van der Waals surface area contributed by atoms with E-state index in [1.807, 2.05) is 0 Å². The molecule has 5 aromatic carbocycles. The maximum Gasteiger partial charge on any atom is 0.206 e. The highest BCUT2D eigenvalue weighted by Gasteiger charge is 2.36. The summed E-state index contributed by atoms with van der Waals surface area (Å²) < 4.78 is 1.05. The molecule has 0 radical (unpaired) electrons. The van der Waals surface area contributed by atoms with Gasteiger partial charge in [0.1, 0.15) is 28.3 Å². The highest BCUT2D eigenvalue weighted by molar-refractivity contribution is 6.24. The Morgan fingerprint density at radius 3 is 1.46 bits per heavy atom. The van der Waals surface area contributed by atoms with Crippen molar-refractivity contribution in [1.29, 1.82) is 0 Å². The van der Waals surface area contributed by atoms with Crippen LogP contribution in [0.1, 0.15) is 5.56 Å². The summed E-state index contributed by atoms with van der Waals surface area (Å²) >= 11 is 0. The van der Waals surface area contributed by atoms with Gasteiger partial charge in [-0.2, -0.15) is 0 Å². The van der Waals surface area contributed by atoms with Gasteiger partial charge in [-0.15, -0.1) is 0 Å². The first-order valence-corrected chi connectivity index (χ1v) is 13.2. The van der Waals surface area contributed by atoms with E-state index in [0.29, 0.717) is 0 Å². The van der Waals surface area contributed by atoms with E-state index in [9.17, 15) is 66.4 Å². The molecule has 2 heterocycles. The number of hydrogen-bond donors (Lipinski definition) is 14. The van der Waals surface area contributed by atoms with Crippen LogP contribution < -0.4 is 0 Å². The van der Waals surface area contributed by atoms with Crippen molar-refractivity contribution in [3.63, 3.8) is 0 Å². The first-order valence-electron chi connectivity index (χ1n) is 13.2. The molecule has 0 saturated carbocycles. The molecule has 0 aliphatic heterocycles. The molecule has 0 fully saturated rings. The van der Waals surface area contributed by atoms with Gasteiger partial charge < -0.3 is 75.9 Å². The van der Waals surface area contributed by atoms with Crippen LogP contribution in [0.5, 0.6) is 74.7 Å². The largest absolute Gasteiger partial charge is 0.506 e. The predicted molar refractivity (Wildman–Crippen MR) is 162 cm³/mol. The van der Waals surface area contributed by atoms with Crippen molar-refractivity contribution in [3.8, 4) is 91.6 Å². The zero-order chi connectivity index (χ0) is 33.3. The summed E-state index contributed by atoms with van der Waals surface area (Å²) in [6.07, 6.45) is 0. The lowest BCUT2D eigenvalue weighted by molar-refractivity contribution is 0.350. The Labute approximate surface area is 254 Å². The lowest BCUT2D eigenvalue weighted by atomic mass is 9.94. The van der Waals surface area contributed by atoms with Gasteiger partial charge in [0.15, 0.2) is 46.0 Å². The van der Waals surface area contributed by atoms with E-state index < -0.39 is 124 Å². The molecule has 0 aliphatic carbocycles. The summed E-state index contributed by atoms with van der Waals surface area (Å²) in [6.45, 7) is 1.27. The zero-order valence-electron chi connectivity index (χ0n) is 23.1. The number of fused-ring (bicyclic) bond motifs is 6. The normalized spacial score (nSPS) is 11.8. The number of aromatic amines is 1. The van der Waals surface area contributed by atoms with Crippen LogP contribution in [0.4, 0.5) is 0 Å². The Kier molecular flexibility index (Phi) is 5.35. The van der Waals surface area contributed by atoms with Crippen LogP contribution in [0.25, 0.3) is 60.4 Å². The van der Waals surface area contributed by atoms with E-state index in [-0.39, 0.29) is 16.8 Å². The minimum absolute atomic E-state index is 0.165. The smallest absolute Gasteiger partial charge is 0.206 e. The fraction of sp³-hybridized carbons (Fsp3) is 0.0323. The van der Waals surface area contributed by atoms with E-state index >= 15 is 0 Å². The van der Waals surface area contributed by atoms with Crippen molar-refractivity contribution < 1.29 is 66.4 Å². The van der Waals surface area contributed by atoms with Crippen molar-refractivity contribution in [2.45, 2.75) is 6.92 Å². The monoisotopic (exact) mass is 630 g/mol. The van der Waals surface area contributed by atoms with Crippen molar-refractivity contribution in [1.82, 2.24) is 9.55 Å². The van der Waals surface area contributed by atoms with E-state index in [4.69, 9.17) is 0 Å². The Balaban J connectivity index is 1.73. The van der Waals surface area contributed by atoms with Gasteiger partial charge in [-0.3, -0.25) is 0 Å². The fourth-order valence-electron chi connectivity index (χ4n) is 6.11. The predicted octanol–water partition coefficient (Wildman–Crippen LogP) is 4.57. The Morgan fingerprint density at radius 2 is 0.848 bits per heavy atom. The number of hydrogen-bond acceptors (Lipinski definition) is 13. The minimum Gasteiger partial charge on any atom is -0.506 e. The van der Waals surface area contributed by atoms with Crippen LogP contribution >= 0.6 is 0 Å². The molecule has 234 valence electrons. The number of rotatable bonds is 2. The number of phenolic OH excluding ortho intramolecular Hbond substituents is 13. The lowest BCUT2D eigenvalue weighted by Crippen LogP contribution is -1.95. The highest BCUT2D eigenvalue weighted by atomic mass is 16.3. The number of aromatic nitrogens is 2.